The summed E-state index contributed by atoms with van der Waals surface area (Å²) in [5, 5.41) is 5.79. The fourth-order valence-corrected chi connectivity index (χ4v) is 2.73. The second-order valence-electron chi connectivity index (χ2n) is 6.06. The number of amides is 3. The number of hydrogen-bond donors (Lipinski definition) is 2. The molecular formula is C18H27N3O2. The second-order valence-corrected chi connectivity index (χ2v) is 6.06. The average Bonchev–Trinajstić information content (AvgIpc) is 3.06. The second kappa shape index (κ2) is 9.18. The zero-order valence-corrected chi connectivity index (χ0v) is 13.9. The summed E-state index contributed by atoms with van der Waals surface area (Å²) in [4.78, 5) is 25.8. The van der Waals surface area contributed by atoms with Gasteiger partial charge in [-0.15, -0.1) is 0 Å². The van der Waals surface area contributed by atoms with Crippen LogP contribution in [0.5, 0.6) is 0 Å². The van der Waals surface area contributed by atoms with Gasteiger partial charge in [0.1, 0.15) is 0 Å². The monoisotopic (exact) mass is 317 g/mol. The molecule has 5 heteroatoms. The zero-order chi connectivity index (χ0) is 16.5. The van der Waals surface area contributed by atoms with E-state index in [1.807, 2.05) is 23.1 Å². The van der Waals surface area contributed by atoms with Crippen LogP contribution in [0.25, 0.3) is 0 Å². The molecule has 0 unspecified atom stereocenters. The number of benzene rings is 1. The molecule has 1 aliphatic heterocycles. The number of nitrogens with one attached hydrogen (secondary N) is 2. The van der Waals surface area contributed by atoms with Gasteiger partial charge in [0.05, 0.1) is 0 Å². The van der Waals surface area contributed by atoms with Crippen LogP contribution in [0.1, 0.15) is 51.9 Å². The number of anilines is 2. The lowest BCUT2D eigenvalue weighted by atomic mass is 10.1. The van der Waals surface area contributed by atoms with Crippen molar-refractivity contribution in [3.63, 3.8) is 0 Å². The molecule has 5 nitrogen and oxygen atoms in total. The number of hydrogen-bond acceptors (Lipinski definition) is 2. The normalized spacial score (nSPS) is 13.9. The molecule has 1 aromatic carbocycles. The Kier molecular flexibility index (Phi) is 6.91. The van der Waals surface area contributed by atoms with E-state index in [-0.39, 0.29) is 11.9 Å². The molecule has 0 spiro atoms. The van der Waals surface area contributed by atoms with Crippen LogP contribution in [0.15, 0.2) is 24.3 Å². The quantitative estimate of drug-likeness (QED) is 0.740. The Morgan fingerprint density at radius 2 is 1.74 bits per heavy atom. The van der Waals surface area contributed by atoms with Gasteiger partial charge in [0.2, 0.25) is 5.91 Å². The van der Waals surface area contributed by atoms with Crippen LogP contribution >= 0.6 is 0 Å². The zero-order valence-electron chi connectivity index (χ0n) is 13.9. The van der Waals surface area contributed by atoms with Gasteiger partial charge in [-0.3, -0.25) is 4.79 Å². The highest BCUT2D eigenvalue weighted by molar-refractivity contribution is 5.93. The van der Waals surface area contributed by atoms with Gasteiger partial charge in [-0.25, -0.2) is 4.79 Å². The number of carbonyl (C=O) groups excluding carboxylic acids is 2. The Balaban J connectivity index is 1.81. The summed E-state index contributed by atoms with van der Waals surface area (Å²) in [5.74, 6) is 0.0316. The Hall–Kier alpha value is -2.04. The highest BCUT2D eigenvalue weighted by Gasteiger charge is 2.17. The number of rotatable bonds is 7. The van der Waals surface area contributed by atoms with Crippen molar-refractivity contribution in [2.24, 2.45) is 0 Å². The van der Waals surface area contributed by atoms with E-state index in [0.29, 0.717) is 12.1 Å². The molecule has 0 atom stereocenters. The van der Waals surface area contributed by atoms with E-state index < -0.39 is 0 Å². The summed E-state index contributed by atoms with van der Waals surface area (Å²) in [7, 11) is 0. The fraction of sp³-hybridized carbons (Fsp3) is 0.556. The summed E-state index contributed by atoms with van der Waals surface area (Å²) in [5.41, 5.74) is 1.44. The minimum absolute atomic E-state index is 0.0316. The Morgan fingerprint density at radius 3 is 2.43 bits per heavy atom. The van der Waals surface area contributed by atoms with Crippen molar-refractivity contribution in [3.8, 4) is 0 Å². The lowest BCUT2D eigenvalue weighted by Gasteiger charge is -2.16. The molecule has 0 saturated carbocycles. The summed E-state index contributed by atoms with van der Waals surface area (Å²) in [6.45, 7) is 3.79. The van der Waals surface area contributed by atoms with Gasteiger partial charge in [0.15, 0.2) is 0 Å². The molecule has 1 heterocycles. The Morgan fingerprint density at radius 1 is 1.04 bits per heavy atom. The molecule has 0 bridgehead atoms. The molecule has 2 N–H and O–H groups in total. The van der Waals surface area contributed by atoms with E-state index in [2.05, 4.69) is 17.6 Å². The van der Waals surface area contributed by atoms with Crippen molar-refractivity contribution < 1.29 is 9.59 Å². The Bertz CT molecular complexity index is 525. The molecule has 0 radical (unpaired) electrons. The molecule has 0 aliphatic carbocycles. The molecule has 3 amide bonds. The number of likely N-dealkylation sites (tertiary alicyclic amines) is 1. The minimum atomic E-state index is -0.0643. The maximum absolute atomic E-state index is 12.1. The van der Waals surface area contributed by atoms with E-state index in [1.165, 1.54) is 12.8 Å². The molecule has 1 saturated heterocycles. The molecular weight excluding hydrogens is 290 g/mol. The smallest absolute Gasteiger partial charge is 0.321 e. The van der Waals surface area contributed by atoms with Gasteiger partial charge in [-0.05, 0) is 37.5 Å². The van der Waals surface area contributed by atoms with Crippen molar-refractivity contribution in [1.29, 1.82) is 0 Å². The summed E-state index contributed by atoms with van der Waals surface area (Å²) in [6.07, 6.45) is 7.04. The number of unbranched alkanes of at least 4 members (excludes halogenated alkanes) is 3. The van der Waals surface area contributed by atoms with Gasteiger partial charge in [0, 0.05) is 30.9 Å². The van der Waals surface area contributed by atoms with E-state index in [9.17, 15) is 9.59 Å². The first-order valence-corrected chi connectivity index (χ1v) is 8.65. The van der Waals surface area contributed by atoms with Crippen molar-refractivity contribution >= 4 is 23.3 Å². The summed E-state index contributed by atoms with van der Waals surface area (Å²) < 4.78 is 0. The number of nitrogens with zero attached hydrogens (tertiary/aromatic N) is 1. The van der Waals surface area contributed by atoms with Gasteiger partial charge in [0.25, 0.3) is 0 Å². The maximum Gasteiger partial charge on any atom is 0.321 e. The third-order valence-corrected chi connectivity index (χ3v) is 4.05. The fourth-order valence-electron chi connectivity index (χ4n) is 2.73. The van der Waals surface area contributed by atoms with Crippen LogP contribution in [-0.2, 0) is 4.79 Å². The van der Waals surface area contributed by atoms with Crippen molar-refractivity contribution in [2.45, 2.75) is 51.9 Å². The first-order valence-electron chi connectivity index (χ1n) is 8.65. The number of carbonyl (C=O) groups is 2. The molecule has 126 valence electrons. The van der Waals surface area contributed by atoms with E-state index in [1.54, 1.807) is 6.07 Å². The van der Waals surface area contributed by atoms with E-state index in [0.717, 1.165) is 44.5 Å². The average molecular weight is 317 g/mol. The van der Waals surface area contributed by atoms with Crippen molar-refractivity contribution in [3.05, 3.63) is 24.3 Å². The predicted molar refractivity (Wildman–Crippen MR) is 93.7 cm³/mol. The van der Waals surface area contributed by atoms with Crippen LogP contribution < -0.4 is 10.6 Å². The Labute approximate surface area is 138 Å². The molecule has 1 aliphatic rings. The largest absolute Gasteiger partial charge is 0.326 e. The lowest BCUT2D eigenvalue weighted by molar-refractivity contribution is -0.116. The predicted octanol–water partition coefficient (Wildman–Crippen LogP) is 4.22. The SMILES string of the molecule is CCCCCCC(=O)Nc1cccc(NC(=O)N2CCCC2)c1. The first-order chi connectivity index (χ1) is 11.2. The van der Waals surface area contributed by atoms with Crippen molar-refractivity contribution in [1.82, 2.24) is 4.90 Å². The lowest BCUT2D eigenvalue weighted by Crippen LogP contribution is -2.32. The van der Waals surface area contributed by atoms with E-state index >= 15 is 0 Å². The van der Waals surface area contributed by atoms with Crippen LogP contribution in [0, 0.1) is 0 Å². The molecule has 1 fully saturated rings. The van der Waals surface area contributed by atoms with Crippen LogP contribution in [-0.4, -0.2) is 29.9 Å². The third kappa shape index (κ3) is 5.93. The molecule has 2 rings (SSSR count). The highest BCUT2D eigenvalue weighted by Crippen LogP contribution is 2.17. The topological polar surface area (TPSA) is 61.4 Å². The number of urea groups is 1. The molecule has 23 heavy (non-hydrogen) atoms. The van der Waals surface area contributed by atoms with Crippen molar-refractivity contribution in [2.75, 3.05) is 23.7 Å². The molecule has 1 aromatic rings. The molecule has 0 aromatic heterocycles. The van der Waals surface area contributed by atoms with Gasteiger partial charge in [-0.1, -0.05) is 32.3 Å². The van der Waals surface area contributed by atoms with Crippen LogP contribution in [0.3, 0.4) is 0 Å². The summed E-state index contributed by atoms with van der Waals surface area (Å²) in [6, 6.07) is 7.26. The highest BCUT2D eigenvalue weighted by atomic mass is 16.2. The van der Waals surface area contributed by atoms with Crippen LogP contribution in [0.4, 0.5) is 16.2 Å². The standard InChI is InChI=1S/C18H27N3O2/c1-2-3-4-5-11-17(22)19-15-9-8-10-16(14-15)20-18(23)21-12-6-7-13-21/h8-10,14H,2-7,11-13H2,1H3,(H,19,22)(H,20,23). The van der Waals surface area contributed by atoms with Gasteiger partial charge < -0.3 is 15.5 Å². The first kappa shape index (κ1) is 17.3. The van der Waals surface area contributed by atoms with E-state index in [4.69, 9.17) is 0 Å². The third-order valence-electron chi connectivity index (χ3n) is 4.05. The maximum atomic E-state index is 12.1. The van der Waals surface area contributed by atoms with Gasteiger partial charge in [-0.2, -0.15) is 0 Å². The van der Waals surface area contributed by atoms with Gasteiger partial charge >= 0.3 is 6.03 Å². The minimum Gasteiger partial charge on any atom is -0.326 e. The van der Waals surface area contributed by atoms with Crippen LogP contribution in [0.2, 0.25) is 0 Å². The summed E-state index contributed by atoms with van der Waals surface area (Å²) >= 11 is 0.